The largest absolute Gasteiger partial charge is 0.482 e. The number of carbonyl (C=O) groups excluding carboxylic acids is 1. The summed E-state index contributed by atoms with van der Waals surface area (Å²) in [5.74, 6) is 4.94. The van der Waals surface area contributed by atoms with Gasteiger partial charge >= 0.3 is 0 Å². The van der Waals surface area contributed by atoms with Crippen LogP contribution in [-0.4, -0.2) is 31.5 Å². The standard InChI is InChI=1S/C17H14ClFN6O4S/c18-10-5-6-13(25(27)28)12(7-10)21-16(26)9-30-17-23-22-15(24(17)20)8-29-14-4-2-1-3-11(14)19/h1-7H,8-9,20H2,(H,21,26). The van der Waals surface area contributed by atoms with Gasteiger partial charge in [0.05, 0.1) is 10.7 Å². The topological polar surface area (TPSA) is 138 Å². The number of hydrogen-bond donors (Lipinski definition) is 2. The fourth-order valence-corrected chi connectivity index (χ4v) is 3.14. The lowest BCUT2D eigenvalue weighted by Gasteiger charge is -2.07. The molecule has 0 bridgehead atoms. The molecule has 0 unspecified atom stereocenters. The molecule has 0 atom stereocenters. The minimum absolute atomic E-state index is 0.0220. The van der Waals surface area contributed by atoms with Crippen LogP contribution < -0.4 is 15.9 Å². The molecule has 1 heterocycles. The summed E-state index contributed by atoms with van der Waals surface area (Å²) in [5, 5.41) is 21.6. The minimum Gasteiger partial charge on any atom is -0.482 e. The van der Waals surface area contributed by atoms with Crippen molar-refractivity contribution in [3.63, 3.8) is 0 Å². The van der Waals surface area contributed by atoms with E-state index in [1.54, 1.807) is 6.07 Å². The van der Waals surface area contributed by atoms with E-state index in [0.29, 0.717) is 0 Å². The second-order valence-corrected chi connectivity index (χ2v) is 7.12. The van der Waals surface area contributed by atoms with E-state index < -0.39 is 16.6 Å². The molecule has 0 spiro atoms. The van der Waals surface area contributed by atoms with Gasteiger partial charge in [0.15, 0.2) is 17.4 Å². The van der Waals surface area contributed by atoms with Crippen LogP contribution in [-0.2, 0) is 11.4 Å². The third-order valence-corrected chi connectivity index (χ3v) is 4.87. The van der Waals surface area contributed by atoms with Gasteiger partial charge in [0, 0.05) is 11.1 Å². The van der Waals surface area contributed by atoms with Crippen LogP contribution in [0.15, 0.2) is 47.6 Å². The predicted octanol–water partition coefficient (Wildman–Crippen LogP) is 3.00. The van der Waals surface area contributed by atoms with E-state index in [1.807, 2.05) is 0 Å². The number of nitrogens with two attached hydrogens (primary N) is 1. The molecule has 1 aromatic heterocycles. The van der Waals surface area contributed by atoms with E-state index in [0.717, 1.165) is 16.4 Å². The molecule has 2 aromatic carbocycles. The van der Waals surface area contributed by atoms with E-state index in [2.05, 4.69) is 15.5 Å². The van der Waals surface area contributed by atoms with Crippen LogP contribution >= 0.6 is 23.4 Å². The number of anilines is 1. The Morgan fingerprint density at radius 2 is 2.10 bits per heavy atom. The van der Waals surface area contributed by atoms with Crippen LogP contribution in [0.1, 0.15) is 5.82 Å². The van der Waals surface area contributed by atoms with E-state index in [4.69, 9.17) is 22.2 Å². The molecule has 1 amide bonds. The molecular formula is C17H14ClFN6O4S. The van der Waals surface area contributed by atoms with Gasteiger partial charge in [-0.05, 0) is 24.3 Å². The summed E-state index contributed by atoms with van der Waals surface area (Å²) in [4.78, 5) is 22.6. The molecular weight excluding hydrogens is 439 g/mol. The first kappa shape index (κ1) is 21.3. The highest BCUT2D eigenvalue weighted by molar-refractivity contribution is 7.99. The molecule has 0 saturated heterocycles. The highest BCUT2D eigenvalue weighted by Gasteiger charge is 2.18. The number of nitro groups is 1. The number of benzene rings is 2. The number of rotatable bonds is 8. The average molecular weight is 453 g/mol. The second-order valence-electron chi connectivity index (χ2n) is 5.74. The number of thioether (sulfide) groups is 1. The number of hydrogen-bond acceptors (Lipinski definition) is 8. The number of amides is 1. The van der Waals surface area contributed by atoms with Crippen LogP contribution in [0, 0.1) is 15.9 Å². The van der Waals surface area contributed by atoms with Crippen molar-refractivity contribution in [1.82, 2.24) is 14.9 Å². The molecule has 3 aromatic rings. The van der Waals surface area contributed by atoms with Crippen LogP contribution in [0.25, 0.3) is 0 Å². The van der Waals surface area contributed by atoms with Gasteiger partial charge in [0.25, 0.3) is 5.69 Å². The second kappa shape index (κ2) is 9.41. The van der Waals surface area contributed by atoms with Gasteiger partial charge in [-0.1, -0.05) is 35.5 Å². The number of para-hydroxylation sites is 1. The highest BCUT2D eigenvalue weighted by atomic mass is 35.5. The van der Waals surface area contributed by atoms with Gasteiger partial charge in [0.2, 0.25) is 11.1 Å². The Morgan fingerprint density at radius 3 is 2.83 bits per heavy atom. The Morgan fingerprint density at radius 1 is 1.33 bits per heavy atom. The summed E-state index contributed by atoms with van der Waals surface area (Å²) >= 11 is 6.79. The Bertz CT molecular complexity index is 1100. The first-order valence-corrected chi connectivity index (χ1v) is 9.65. The summed E-state index contributed by atoms with van der Waals surface area (Å²) in [6.07, 6.45) is 0. The molecule has 156 valence electrons. The Labute approximate surface area is 178 Å². The van der Waals surface area contributed by atoms with Gasteiger partial charge in [-0.25, -0.2) is 9.07 Å². The maximum absolute atomic E-state index is 13.6. The van der Waals surface area contributed by atoms with Crippen molar-refractivity contribution in [1.29, 1.82) is 0 Å². The maximum atomic E-state index is 13.6. The summed E-state index contributed by atoms with van der Waals surface area (Å²) in [5.41, 5.74) is -0.307. The van der Waals surface area contributed by atoms with Gasteiger partial charge in [-0.15, -0.1) is 10.2 Å². The fraction of sp³-hybridized carbons (Fsp3) is 0.118. The van der Waals surface area contributed by atoms with E-state index >= 15 is 0 Å². The van der Waals surface area contributed by atoms with Gasteiger partial charge < -0.3 is 15.9 Å². The third-order valence-electron chi connectivity index (χ3n) is 3.69. The lowest BCUT2D eigenvalue weighted by atomic mass is 10.2. The Balaban J connectivity index is 1.59. The molecule has 0 aliphatic carbocycles. The normalized spacial score (nSPS) is 10.6. The van der Waals surface area contributed by atoms with E-state index in [1.165, 1.54) is 36.4 Å². The molecule has 0 radical (unpaired) electrons. The van der Waals surface area contributed by atoms with Gasteiger partial charge in [-0.2, -0.15) is 0 Å². The molecule has 0 saturated carbocycles. The highest BCUT2D eigenvalue weighted by Crippen LogP contribution is 2.28. The smallest absolute Gasteiger partial charge is 0.292 e. The molecule has 30 heavy (non-hydrogen) atoms. The molecule has 3 rings (SSSR count). The van der Waals surface area contributed by atoms with Crippen LogP contribution in [0.4, 0.5) is 15.8 Å². The van der Waals surface area contributed by atoms with Crippen molar-refractivity contribution < 1.29 is 18.8 Å². The molecule has 10 nitrogen and oxygen atoms in total. The summed E-state index contributed by atoms with van der Waals surface area (Å²) in [6, 6.07) is 9.70. The van der Waals surface area contributed by atoms with Crippen LogP contribution in [0.5, 0.6) is 5.75 Å². The Kier molecular flexibility index (Phi) is 6.69. The number of nitrogens with one attached hydrogen (secondary N) is 1. The predicted molar refractivity (Wildman–Crippen MR) is 108 cm³/mol. The SMILES string of the molecule is Nn1c(COc2ccccc2F)nnc1SCC(=O)Nc1cc(Cl)ccc1[N+](=O)[O-]. The monoisotopic (exact) mass is 452 g/mol. The quantitative estimate of drug-likeness (QED) is 0.230. The maximum Gasteiger partial charge on any atom is 0.292 e. The zero-order valence-corrected chi connectivity index (χ0v) is 16.7. The number of ether oxygens (including phenoxy) is 1. The lowest BCUT2D eigenvalue weighted by molar-refractivity contribution is -0.383. The minimum atomic E-state index is -0.628. The molecule has 0 aliphatic heterocycles. The van der Waals surface area contributed by atoms with Crippen molar-refractivity contribution in [2.45, 2.75) is 11.8 Å². The number of nitro benzene ring substituents is 1. The van der Waals surface area contributed by atoms with Crippen molar-refractivity contribution >= 4 is 40.6 Å². The van der Waals surface area contributed by atoms with Gasteiger partial charge in [0.1, 0.15) is 12.3 Å². The molecule has 3 N–H and O–H groups in total. The number of carbonyl (C=O) groups is 1. The van der Waals surface area contributed by atoms with Crippen LogP contribution in [0.2, 0.25) is 5.02 Å². The summed E-state index contributed by atoms with van der Waals surface area (Å²) in [6.45, 7) is -0.133. The van der Waals surface area contributed by atoms with Crippen LogP contribution in [0.3, 0.4) is 0 Å². The number of halogens is 2. The first-order chi connectivity index (χ1) is 14.3. The van der Waals surface area contributed by atoms with Crippen molar-refractivity contribution in [2.75, 3.05) is 16.9 Å². The Hall–Kier alpha value is -3.38. The third kappa shape index (κ3) is 5.15. The number of nitrogens with zero attached hydrogens (tertiary/aromatic N) is 4. The number of aromatic nitrogens is 3. The summed E-state index contributed by atoms with van der Waals surface area (Å²) in [7, 11) is 0. The molecule has 0 aliphatic rings. The molecule has 0 fully saturated rings. The van der Waals surface area contributed by atoms with E-state index in [-0.39, 0.29) is 45.5 Å². The molecule has 13 heteroatoms. The zero-order valence-electron chi connectivity index (χ0n) is 15.1. The lowest BCUT2D eigenvalue weighted by Crippen LogP contribution is -2.18. The van der Waals surface area contributed by atoms with Crippen molar-refractivity contribution in [3.8, 4) is 5.75 Å². The van der Waals surface area contributed by atoms with Crippen molar-refractivity contribution in [3.05, 3.63) is 69.2 Å². The first-order valence-electron chi connectivity index (χ1n) is 8.28. The average Bonchev–Trinajstić information content (AvgIpc) is 3.05. The van der Waals surface area contributed by atoms with Gasteiger partial charge in [-0.3, -0.25) is 14.9 Å². The van der Waals surface area contributed by atoms with Crippen molar-refractivity contribution in [2.24, 2.45) is 0 Å². The fourth-order valence-electron chi connectivity index (χ4n) is 2.29. The summed E-state index contributed by atoms with van der Waals surface area (Å²) < 4.78 is 20.0. The van der Waals surface area contributed by atoms with E-state index in [9.17, 15) is 19.3 Å². The zero-order chi connectivity index (χ0) is 21.7. The number of nitrogen functional groups attached to an aromatic ring is 1.